The molecule has 3 heterocycles. The standard InChI is InChI=1S/C15H13N3O3/c19-15-10(6-13-16-4-5-17-13)14-11(18-15)2-1-3-12(14)21-8-9-7-20-9/h1-6,9H,7-8H2,(H,16,17)(H,18,19)/b10-6-. The lowest BCUT2D eigenvalue weighted by Gasteiger charge is -2.09. The summed E-state index contributed by atoms with van der Waals surface area (Å²) in [5, 5.41) is 2.84. The third-order valence-corrected chi connectivity index (χ3v) is 3.42. The number of imidazole rings is 1. The highest BCUT2D eigenvalue weighted by Crippen LogP contribution is 2.39. The number of amides is 1. The predicted octanol–water partition coefficient (Wildman–Crippen LogP) is 1.68. The number of fused-ring (bicyclic) bond motifs is 1. The topological polar surface area (TPSA) is 79.5 Å². The van der Waals surface area contributed by atoms with E-state index in [1.807, 2.05) is 18.2 Å². The monoisotopic (exact) mass is 283 g/mol. The minimum Gasteiger partial charge on any atom is -0.490 e. The molecule has 1 atom stereocenters. The van der Waals surface area contributed by atoms with Gasteiger partial charge in [0.2, 0.25) is 0 Å². The maximum Gasteiger partial charge on any atom is 0.256 e. The summed E-state index contributed by atoms with van der Waals surface area (Å²) in [7, 11) is 0. The van der Waals surface area contributed by atoms with Gasteiger partial charge < -0.3 is 19.8 Å². The lowest BCUT2D eigenvalue weighted by atomic mass is 10.1. The number of epoxide rings is 1. The minimum atomic E-state index is -0.153. The van der Waals surface area contributed by atoms with Crippen molar-refractivity contribution in [1.29, 1.82) is 0 Å². The number of aromatic amines is 1. The van der Waals surface area contributed by atoms with E-state index in [1.165, 1.54) is 0 Å². The zero-order valence-corrected chi connectivity index (χ0v) is 11.1. The van der Waals surface area contributed by atoms with Gasteiger partial charge >= 0.3 is 0 Å². The summed E-state index contributed by atoms with van der Waals surface area (Å²) >= 11 is 0. The van der Waals surface area contributed by atoms with Crippen LogP contribution >= 0.6 is 0 Å². The van der Waals surface area contributed by atoms with Crippen LogP contribution in [0.3, 0.4) is 0 Å². The third kappa shape index (κ3) is 2.30. The summed E-state index contributed by atoms with van der Waals surface area (Å²) in [4.78, 5) is 19.3. The number of rotatable bonds is 4. The normalized spacial score (nSPS) is 21.2. The van der Waals surface area contributed by atoms with Crippen LogP contribution in [-0.2, 0) is 9.53 Å². The van der Waals surface area contributed by atoms with Crippen LogP contribution in [0, 0.1) is 0 Å². The van der Waals surface area contributed by atoms with Gasteiger partial charge in [0.25, 0.3) is 5.91 Å². The number of nitrogens with zero attached hydrogens (tertiary/aromatic N) is 1. The highest BCUT2D eigenvalue weighted by Gasteiger charge is 2.29. The molecule has 6 heteroatoms. The molecule has 2 N–H and O–H groups in total. The van der Waals surface area contributed by atoms with Crippen molar-refractivity contribution in [2.45, 2.75) is 6.10 Å². The molecule has 1 fully saturated rings. The van der Waals surface area contributed by atoms with Gasteiger partial charge in [0, 0.05) is 12.4 Å². The van der Waals surface area contributed by atoms with E-state index in [0.29, 0.717) is 23.8 Å². The Hall–Kier alpha value is -2.60. The number of hydrogen-bond donors (Lipinski definition) is 2. The van der Waals surface area contributed by atoms with Gasteiger partial charge in [-0.15, -0.1) is 0 Å². The summed E-state index contributed by atoms with van der Waals surface area (Å²) in [6.07, 6.45) is 5.25. The number of carbonyl (C=O) groups excluding carboxylic acids is 1. The number of H-pyrrole nitrogens is 1. The lowest BCUT2D eigenvalue weighted by Crippen LogP contribution is -2.06. The molecule has 1 amide bonds. The van der Waals surface area contributed by atoms with Crippen LogP contribution in [0.4, 0.5) is 5.69 Å². The first-order valence-electron chi connectivity index (χ1n) is 6.71. The molecule has 21 heavy (non-hydrogen) atoms. The van der Waals surface area contributed by atoms with E-state index in [0.717, 1.165) is 17.9 Å². The molecule has 2 aromatic rings. The minimum absolute atomic E-state index is 0.153. The van der Waals surface area contributed by atoms with E-state index in [1.54, 1.807) is 18.5 Å². The molecule has 2 aliphatic heterocycles. The van der Waals surface area contributed by atoms with Crippen LogP contribution in [0.2, 0.25) is 0 Å². The van der Waals surface area contributed by atoms with Crippen LogP contribution in [0.25, 0.3) is 11.6 Å². The molecule has 0 spiro atoms. The average Bonchev–Trinajstić information content (AvgIpc) is 3.07. The van der Waals surface area contributed by atoms with Crippen molar-refractivity contribution in [3.8, 4) is 5.75 Å². The fourth-order valence-corrected chi connectivity index (χ4v) is 2.31. The Morgan fingerprint density at radius 3 is 3.14 bits per heavy atom. The summed E-state index contributed by atoms with van der Waals surface area (Å²) in [6.45, 7) is 1.24. The maximum atomic E-state index is 12.2. The van der Waals surface area contributed by atoms with E-state index in [-0.39, 0.29) is 12.0 Å². The van der Waals surface area contributed by atoms with Gasteiger partial charge in [-0.25, -0.2) is 4.98 Å². The first-order valence-corrected chi connectivity index (χ1v) is 6.71. The van der Waals surface area contributed by atoms with Crippen molar-refractivity contribution in [2.75, 3.05) is 18.5 Å². The van der Waals surface area contributed by atoms with Gasteiger partial charge in [0.1, 0.15) is 24.3 Å². The molecular weight excluding hydrogens is 270 g/mol. The van der Waals surface area contributed by atoms with Crippen LogP contribution in [0.15, 0.2) is 30.6 Å². The van der Waals surface area contributed by atoms with Gasteiger partial charge in [-0.05, 0) is 18.2 Å². The van der Waals surface area contributed by atoms with Gasteiger partial charge in [-0.1, -0.05) is 6.07 Å². The number of anilines is 1. The van der Waals surface area contributed by atoms with Crippen molar-refractivity contribution in [2.24, 2.45) is 0 Å². The number of ether oxygens (including phenoxy) is 2. The number of benzene rings is 1. The van der Waals surface area contributed by atoms with E-state index >= 15 is 0 Å². The van der Waals surface area contributed by atoms with E-state index in [2.05, 4.69) is 15.3 Å². The molecule has 1 unspecified atom stereocenters. The van der Waals surface area contributed by atoms with Crippen LogP contribution in [0.5, 0.6) is 5.75 Å². The average molecular weight is 283 g/mol. The van der Waals surface area contributed by atoms with Gasteiger partial charge in [0.15, 0.2) is 0 Å². The van der Waals surface area contributed by atoms with E-state index in [4.69, 9.17) is 9.47 Å². The Labute approximate surface area is 120 Å². The van der Waals surface area contributed by atoms with Gasteiger partial charge in [-0.3, -0.25) is 4.79 Å². The van der Waals surface area contributed by atoms with Gasteiger partial charge in [-0.2, -0.15) is 0 Å². The molecular formula is C15H13N3O3. The smallest absolute Gasteiger partial charge is 0.256 e. The largest absolute Gasteiger partial charge is 0.490 e. The quantitative estimate of drug-likeness (QED) is 0.661. The molecule has 0 saturated carbocycles. The predicted molar refractivity (Wildman–Crippen MR) is 76.8 cm³/mol. The molecule has 0 bridgehead atoms. The molecule has 2 aliphatic rings. The van der Waals surface area contributed by atoms with Crippen molar-refractivity contribution in [1.82, 2.24) is 9.97 Å². The molecule has 1 aromatic heterocycles. The Balaban J connectivity index is 1.73. The SMILES string of the molecule is O=C1Nc2cccc(OCC3CO3)c2/C1=C/c1ncc[nH]1. The second-order valence-corrected chi connectivity index (χ2v) is 4.93. The highest BCUT2D eigenvalue weighted by molar-refractivity contribution is 6.35. The molecule has 1 aromatic carbocycles. The molecule has 106 valence electrons. The molecule has 4 rings (SSSR count). The van der Waals surface area contributed by atoms with Crippen molar-refractivity contribution in [3.63, 3.8) is 0 Å². The van der Waals surface area contributed by atoms with Crippen molar-refractivity contribution < 1.29 is 14.3 Å². The lowest BCUT2D eigenvalue weighted by molar-refractivity contribution is -0.110. The van der Waals surface area contributed by atoms with Crippen molar-refractivity contribution >= 4 is 23.2 Å². The number of nitrogens with one attached hydrogen (secondary N) is 2. The number of aromatic nitrogens is 2. The zero-order chi connectivity index (χ0) is 14.2. The summed E-state index contributed by atoms with van der Waals surface area (Å²) in [6, 6.07) is 5.58. The fourth-order valence-electron chi connectivity index (χ4n) is 2.31. The number of hydrogen-bond acceptors (Lipinski definition) is 4. The summed E-state index contributed by atoms with van der Waals surface area (Å²) in [5.74, 6) is 1.16. The summed E-state index contributed by atoms with van der Waals surface area (Å²) in [5.41, 5.74) is 2.08. The maximum absolute atomic E-state index is 12.2. The van der Waals surface area contributed by atoms with Crippen molar-refractivity contribution in [3.05, 3.63) is 42.0 Å². The Kier molecular flexibility index (Phi) is 2.75. The molecule has 1 saturated heterocycles. The molecule has 0 aliphatic carbocycles. The van der Waals surface area contributed by atoms with Crippen LogP contribution in [-0.4, -0.2) is 35.2 Å². The van der Waals surface area contributed by atoms with Crippen LogP contribution in [0.1, 0.15) is 11.4 Å². The molecule has 6 nitrogen and oxygen atoms in total. The fraction of sp³-hybridized carbons (Fsp3) is 0.200. The molecule has 0 radical (unpaired) electrons. The van der Waals surface area contributed by atoms with Crippen LogP contribution < -0.4 is 10.1 Å². The Bertz CT molecular complexity index is 718. The Morgan fingerprint density at radius 1 is 1.48 bits per heavy atom. The second kappa shape index (κ2) is 4.75. The van der Waals surface area contributed by atoms with E-state index < -0.39 is 0 Å². The first-order chi connectivity index (χ1) is 10.3. The first kappa shape index (κ1) is 12.2. The third-order valence-electron chi connectivity index (χ3n) is 3.42. The second-order valence-electron chi connectivity index (χ2n) is 4.93. The van der Waals surface area contributed by atoms with Gasteiger partial charge in [0.05, 0.1) is 23.4 Å². The Morgan fingerprint density at radius 2 is 2.38 bits per heavy atom. The van der Waals surface area contributed by atoms with E-state index in [9.17, 15) is 4.79 Å². The summed E-state index contributed by atoms with van der Waals surface area (Å²) < 4.78 is 10.9. The number of carbonyl (C=O) groups is 1. The highest BCUT2D eigenvalue weighted by atomic mass is 16.6. The zero-order valence-electron chi connectivity index (χ0n) is 11.1.